The third-order valence-corrected chi connectivity index (χ3v) is 7.59. The van der Waals surface area contributed by atoms with Crippen molar-refractivity contribution in [1.29, 1.82) is 0 Å². The summed E-state index contributed by atoms with van der Waals surface area (Å²) in [5.41, 5.74) is 6.75. The molecular weight excluding hydrogens is 492 g/mol. The SMILES string of the molecule is O=c1nc(-n2c3ccccc3c3cc(-c4cccc(-c5ccccc5)c4)ccc32)nc2cc3ccccc3cn12. The Hall–Kier alpha value is -5.55. The van der Waals surface area contributed by atoms with Crippen LogP contribution < -0.4 is 5.69 Å². The van der Waals surface area contributed by atoms with Gasteiger partial charge in [0.05, 0.1) is 11.0 Å². The van der Waals surface area contributed by atoms with E-state index in [0.717, 1.165) is 43.7 Å². The number of hydrogen-bond acceptors (Lipinski definition) is 3. The lowest BCUT2D eigenvalue weighted by molar-refractivity contribution is 0.889. The summed E-state index contributed by atoms with van der Waals surface area (Å²) in [4.78, 5) is 22.5. The Kier molecular flexibility index (Phi) is 4.91. The number of hydrogen-bond donors (Lipinski definition) is 0. The van der Waals surface area contributed by atoms with Crippen molar-refractivity contribution in [2.24, 2.45) is 0 Å². The minimum absolute atomic E-state index is 0.356. The monoisotopic (exact) mass is 514 g/mol. The average Bonchev–Trinajstić information content (AvgIpc) is 3.34. The second-order valence-electron chi connectivity index (χ2n) is 9.97. The summed E-state index contributed by atoms with van der Waals surface area (Å²) in [5.74, 6) is 0.366. The van der Waals surface area contributed by atoms with Crippen molar-refractivity contribution in [3.05, 3.63) is 144 Å². The molecule has 188 valence electrons. The number of rotatable bonds is 3. The van der Waals surface area contributed by atoms with Gasteiger partial charge in [-0.3, -0.25) is 8.97 Å². The molecule has 8 rings (SSSR count). The molecule has 0 spiro atoms. The van der Waals surface area contributed by atoms with Crippen molar-refractivity contribution >= 4 is 38.2 Å². The van der Waals surface area contributed by atoms with Gasteiger partial charge in [0.2, 0.25) is 5.95 Å². The van der Waals surface area contributed by atoms with E-state index in [9.17, 15) is 4.79 Å². The normalized spacial score (nSPS) is 11.6. The summed E-state index contributed by atoms with van der Waals surface area (Å²) in [6.45, 7) is 0. The van der Waals surface area contributed by atoms with Crippen LogP contribution >= 0.6 is 0 Å². The minimum atomic E-state index is -0.356. The smallest absolute Gasteiger partial charge is 0.278 e. The molecule has 5 aromatic carbocycles. The zero-order chi connectivity index (χ0) is 26.6. The van der Waals surface area contributed by atoms with Crippen LogP contribution in [0.4, 0.5) is 0 Å². The standard InChI is InChI=1S/C35H22N4O/c40-35-37-34(36-33-21-26-11-4-5-12-28(26)22-38(33)35)39-31-16-7-6-15-29(31)30-20-27(17-18-32(30)39)25-14-8-13-24(19-25)23-9-2-1-3-10-23/h1-22H. The van der Waals surface area contributed by atoms with E-state index in [1.54, 1.807) is 6.20 Å². The highest BCUT2D eigenvalue weighted by atomic mass is 16.1. The number of pyridine rings is 1. The molecule has 0 aliphatic heterocycles. The number of para-hydroxylation sites is 1. The fourth-order valence-corrected chi connectivity index (χ4v) is 5.66. The van der Waals surface area contributed by atoms with Crippen molar-refractivity contribution in [3.8, 4) is 28.2 Å². The van der Waals surface area contributed by atoms with Crippen LogP contribution in [-0.4, -0.2) is 18.9 Å². The van der Waals surface area contributed by atoms with Crippen molar-refractivity contribution < 1.29 is 0 Å². The van der Waals surface area contributed by atoms with Crippen LogP contribution in [0.15, 0.2) is 138 Å². The largest absolute Gasteiger partial charge is 0.356 e. The summed E-state index contributed by atoms with van der Waals surface area (Å²) in [5, 5.41) is 4.16. The number of benzene rings is 5. The Morgan fingerprint density at radius 1 is 0.500 bits per heavy atom. The van der Waals surface area contributed by atoms with Crippen LogP contribution in [0.3, 0.4) is 0 Å². The van der Waals surface area contributed by atoms with Crippen LogP contribution in [0, 0.1) is 0 Å². The second kappa shape index (κ2) is 8.75. The molecule has 0 unspecified atom stereocenters. The van der Waals surface area contributed by atoms with Crippen molar-refractivity contribution in [2.45, 2.75) is 0 Å². The van der Waals surface area contributed by atoms with E-state index in [-0.39, 0.29) is 5.69 Å². The summed E-state index contributed by atoms with van der Waals surface area (Å²) in [6.07, 6.45) is 1.80. The lowest BCUT2D eigenvalue weighted by Crippen LogP contribution is -2.21. The van der Waals surface area contributed by atoms with Crippen LogP contribution in [0.2, 0.25) is 0 Å². The third kappa shape index (κ3) is 3.52. The van der Waals surface area contributed by atoms with Gasteiger partial charge in [-0.25, -0.2) is 4.79 Å². The van der Waals surface area contributed by atoms with E-state index in [2.05, 4.69) is 83.8 Å². The van der Waals surface area contributed by atoms with Gasteiger partial charge in [-0.15, -0.1) is 0 Å². The van der Waals surface area contributed by atoms with E-state index in [1.165, 1.54) is 15.5 Å². The Morgan fingerprint density at radius 3 is 2.05 bits per heavy atom. The van der Waals surface area contributed by atoms with Gasteiger partial charge in [0, 0.05) is 17.0 Å². The van der Waals surface area contributed by atoms with Crippen LogP contribution in [0.5, 0.6) is 0 Å². The van der Waals surface area contributed by atoms with Gasteiger partial charge in [0.1, 0.15) is 5.65 Å². The van der Waals surface area contributed by atoms with E-state index >= 15 is 0 Å². The summed E-state index contributed by atoms with van der Waals surface area (Å²) in [6, 6.07) is 43.6. The molecule has 3 aromatic heterocycles. The molecule has 0 fully saturated rings. The van der Waals surface area contributed by atoms with E-state index in [4.69, 9.17) is 4.98 Å². The molecule has 5 nitrogen and oxygen atoms in total. The highest BCUT2D eigenvalue weighted by Gasteiger charge is 2.16. The number of aromatic nitrogens is 4. The van der Waals surface area contributed by atoms with E-state index in [1.807, 2.05) is 53.1 Å². The Bertz CT molecular complexity index is 2300. The molecule has 8 aromatic rings. The lowest BCUT2D eigenvalue weighted by atomic mass is 9.98. The molecule has 0 aliphatic carbocycles. The van der Waals surface area contributed by atoms with Crippen molar-refractivity contribution in [2.75, 3.05) is 0 Å². The Labute approximate surface area is 229 Å². The first-order valence-electron chi connectivity index (χ1n) is 13.2. The van der Waals surface area contributed by atoms with E-state index < -0.39 is 0 Å². The maximum Gasteiger partial charge on any atom is 0.356 e. The number of nitrogens with zero attached hydrogens (tertiary/aromatic N) is 4. The number of fused-ring (bicyclic) bond motifs is 5. The fraction of sp³-hybridized carbons (Fsp3) is 0. The average molecular weight is 515 g/mol. The predicted octanol–water partition coefficient (Wildman–Crippen LogP) is 7.67. The molecule has 0 N–H and O–H groups in total. The molecule has 0 saturated heterocycles. The van der Waals surface area contributed by atoms with E-state index in [0.29, 0.717) is 11.6 Å². The molecule has 40 heavy (non-hydrogen) atoms. The van der Waals surface area contributed by atoms with Gasteiger partial charge < -0.3 is 0 Å². The maximum absolute atomic E-state index is 13.2. The third-order valence-electron chi connectivity index (χ3n) is 7.59. The lowest BCUT2D eigenvalue weighted by Gasteiger charge is -2.09. The zero-order valence-electron chi connectivity index (χ0n) is 21.4. The summed E-state index contributed by atoms with van der Waals surface area (Å²) < 4.78 is 3.50. The highest BCUT2D eigenvalue weighted by molar-refractivity contribution is 6.10. The first kappa shape index (κ1) is 22.4. The minimum Gasteiger partial charge on any atom is -0.278 e. The fourth-order valence-electron chi connectivity index (χ4n) is 5.66. The second-order valence-corrected chi connectivity index (χ2v) is 9.97. The Morgan fingerprint density at radius 2 is 1.18 bits per heavy atom. The molecule has 5 heteroatoms. The van der Waals surface area contributed by atoms with Gasteiger partial charge in [0.15, 0.2) is 0 Å². The van der Waals surface area contributed by atoms with Gasteiger partial charge in [-0.1, -0.05) is 97.1 Å². The van der Waals surface area contributed by atoms with Crippen LogP contribution in [0.25, 0.3) is 66.4 Å². The molecule has 3 heterocycles. The first-order chi connectivity index (χ1) is 19.7. The maximum atomic E-state index is 13.2. The molecule has 0 radical (unpaired) electrons. The summed E-state index contributed by atoms with van der Waals surface area (Å²) in [7, 11) is 0. The molecule has 0 aliphatic rings. The molecular formula is C35H22N4O. The van der Waals surface area contributed by atoms with Crippen molar-refractivity contribution in [1.82, 2.24) is 18.9 Å². The van der Waals surface area contributed by atoms with Gasteiger partial charge in [-0.05, 0) is 63.4 Å². The predicted molar refractivity (Wildman–Crippen MR) is 162 cm³/mol. The van der Waals surface area contributed by atoms with Gasteiger partial charge >= 0.3 is 5.69 Å². The van der Waals surface area contributed by atoms with Gasteiger partial charge in [0.25, 0.3) is 0 Å². The quantitative estimate of drug-likeness (QED) is 0.227. The summed E-state index contributed by atoms with van der Waals surface area (Å²) >= 11 is 0. The molecule has 0 saturated carbocycles. The van der Waals surface area contributed by atoms with Crippen LogP contribution in [-0.2, 0) is 0 Å². The van der Waals surface area contributed by atoms with Gasteiger partial charge in [-0.2, -0.15) is 9.97 Å². The topological polar surface area (TPSA) is 52.2 Å². The zero-order valence-corrected chi connectivity index (χ0v) is 21.4. The molecule has 0 bridgehead atoms. The van der Waals surface area contributed by atoms with Crippen molar-refractivity contribution in [3.63, 3.8) is 0 Å². The molecule has 0 atom stereocenters. The van der Waals surface area contributed by atoms with Crippen LogP contribution in [0.1, 0.15) is 0 Å². The highest BCUT2D eigenvalue weighted by Crippen LogP contribution is 2.35. The Balaban J connectivity index is 1.34. The first-order valence-corrected chi connectivity index (χ1v) is 13.2. The molecule has 0 amide bonds.